The molecule has 43 heavy (non-hydrogen) atoms. The van der Waals surface area contributed by atoms with Gasteiger partial charge in [-0.15, -0.1) is 0 Å². The van der Waals surface area contributed by atoms with Gasteiger partial charge in [-0.1, -0.05) is 36.4 Å². The molecule has 9 nitrogen and oxygen atoms in total. The Morgan fingerprint density at radius 2 is 1.72 bits per heavy atom. The third kappa shape index (κ3) is 5.70. The molecule has 2 unspecified atom stereocenters. The smallest absolute Gasteiger partial charge is 0.337 e. The molecule has 2 atom stereocenters. The predicted octanol–water partition coefficient (Wildman–Crippen LogP) is 5.10. The normalized spacial score (nSPS) is 20.5. The van der Waals surface area contributed by atoms with Crippen molar-refractivity contribution in [2.75, 3.05) is 51.1 Å². The number of carbonyl (C=O) groups excluding carboxylic acids is 3. The van der Waals surface area contributed by atoms with E-state index in [0.29, 0.717) is 41.5 Å². The van der Waals surface area contributed by atoms with Gasteiger partial charge in [0.2, 0.25) is 11.8 Å². The number of anilines is 2. The highest BCUT2D eigenvalue weighted by atomic mass is 16.5. The molecule has 1 saturated heterocycles. The minimum Gasteiger partial charge on any atom is -0.465 e. The SMILES string of the molecule is COC(=O)c1ccc2c(c1)NC(=O)C2C(=Nc1ccc2c(c1)C(OC)CN2C(=O)CC1CCN(C)CC1)c1ccccc1. The number of esters is 1. The molecule has 0 aliphatic carbocycles. The maximum absolute atomic E-state index is 13.4. The lowest BCUT2D eigenvalue weighted by molar-refractivity contribution is -0.120. The molecule has 0 radical (unpaired) electrons. The molecule has 3 aliphatic heterocycles. The van der Waals surface area contributed by atoms with Crippen molar-refractivity contribution in [2.45, 2.75) is 31.3 Å². The monoisotopic (exact) mass is 580 g/mol. The van der Waals surface area contributed by atoms with E-state index in [1.54, 1.807) is 25.3 Å². The molecular weight excluding hydrogens is 544 g/mol. The molecule has 3 aromatic rings. The predicted molar refractivity (Wildman–Crippen MR) is 165 cm³/mol. The van der Waals surface area contributed by atoms with Crippen molar-refractivity contribution in [2.24, 2.45) is 10.9 Å². The van der Waals surface area contributed by atoms with Crippen molar-refractivity contribution in [3.63, 3.8) is 0 Å². The standard InChI is InChI=1S/C34H36N4O5/c1-37-15-13-21(14-16-37)17-30(39)38-20-29(42-2)26-19-24(10-12-28(26)38)35-32(22-7-5-4-6-8-22)31-25-11-9-23(34(41)43-3)18-27(25)36-33(31)40/h4-12,18-19,21,29,31H,13-17,20H2,1-3H3,(H,36,40). The minimum absolute atomic E-state index is 0.127. The van der Waals surface area contributed by atoms with Crippen LogP contribution in [-0.2, 0) is 19.1 Å². The summed E-state index contributed by atoms with van der Waals surface area (Å²) in [6, 6.07) is 20.5. The molecule has 0 spiro atoms. The highest BCUT2D eigenvalue weighted by Gasteiger charge is 2.37. The molecule has 222 valence electrons. The first-order chi connectivity index (χ1) is 20.9. The zero-order valence-corrected chi connectivity index (χ0v) is 24.7. The van der Waals surface area contributed by atoms with E-state index in [1.165, 1.54) is 7.11 Å². The van der Waals surface area contributed by atoms with Crippen molar-refractivity contribution in [1.29, 1.82) is 0 Å². The molecule has 1 N–H and O–H groups in total. The van der Waals surface area contributed by atoms with Crippen LogP contribution in [0.5, 0.6) is 0 Å². The number of hydrogen-bond donors (Lipinski definition) is 1. The topological polar surface area (TPSA) is 101 Å². The number of ether oxygens (including phenoxy) is 2. The fraction of sp³-hybridized carbons (Fsp3) is 0.353. The Kier molecular flexibility index (Phi) is 8.10. The van der Waals surface area contributed by atoms with Crippen molar-refractivity contribution >= 4 is 40.6 Å². The number of aliphatic imine (C=N–C) groups is 1. The average molecular weight is 581 g/mol. The van der Waals surface area contributed by atoms with Crippen LogP contribution in [0.4, 0.5) is 17.1 Å². The summed E-state index contributed by atoms with van der Waals surface area (Å²) in [6.45, 7) is 2.52. The summed E-state index contributed by atoms with van der Waals surface area (Å²) in [5.74, 6) is -0.844. The molecular formula is C34H36N4O5. The number of benzene rings is 3. The Morgan fingerprint density at radius 1 is 0.953 bits per heavy atom. The fourth-order valence-corrected chi connectivity index (χ4v) is 6.36. The number of methoxy groups -OCH3 is 2. The van der Waals surface area contributed by atoms with Crippen molar-refractivity contribution < 1.29 is 23.9 Å². The van der Waals surface area contributed by atoms with Gasteiger partial charge in [0.15, 0.2) is 0 Å². The van der Waals surface area contributed by atoms with Crippen LogP contribution in [0.2, 0.25) is 0 Å². The second kappa shape index (κ2) is 12.1. The first kappa shape index (κ1) is 28.8. The lowest BCUT2D eigenvalue weighted by Crippen LogP contribution is -2.35. The summed E-state index contributed by atoms with van der Waals surface area (Å²) in [6.07, 6.45) is 2.34. The highest BCUT2D eigenvalue weighted by Crippen LogP contribution is 2.41. The summed E-state index contributed by atoms with van der Waals surface area (Å²) in [7, 11) is 5.11. The van der Waals surface area contributed by atoms with E-state index in [9.17, 15) is 14.4 Å². The van der Waals surface area contributed by atoms with Crippen LogP contribution in [0.3, 0.4) is 0 Å². The van der Waals surface area contributed by atoms with Gasteiger partial charge in [0.25, 0.3) is 0 Å². The first-order valence-corrected chi connectivity index (χ1v) is 14.7. The zero-order valence-electron chi connectivity index (χ0n) is 24.7. The van der Waals surface area contributed by atoms with Crippen LogP contribution in [0.25, 0.3) is 0 Å². The maximum Gasteiger partial charge on any atom is 0.337 e. The van der Waals surface area contributed by atoms with E-state index < -0.39 is 11.9 Å². The molecule has 3 aromatic carbocycles. The third-order valence-electron chi connectivity index (χ3n) is 8.78. The number of piperidine rings is 1. The van der Waals surface area contributed by atoms with Gasteiger partial charge in [-0.2, -0.15) is 0 Å². The van der Waals surface area contributed by atoms with Crippen LogP contribution < -0.4 is 10.2 Å². The van der Waals surface area contributed by atoms with Gasteiger partial charge in [-0.05, 0) is 80.4 Å². The summed E-state index contributed by atoms with van der Waals surface area (Å²) in [5, 5.41) is 2.92. The summed E-state index contributed by atoms with van der Waals surface area (Å²) >= 11 is 0. The third-order valence-corrected chi connectivity index (χ3v) is 8.78. The fourth-order valence-electron chi connectivity index (χ4n) is 6.36. The summed E-state index contributed by atoms with van der Waals surface area (Å²) < 4.78 is 10.7. The average Bonchev–Trinajstić information content (AvgIpc) is 3.57. The highest BCUT2D eigenvalue weighted by molar-refractivity contribution is 6.24. The summed E-state index contributed by atoms with van der Waals surface area (Å²) in [5.41, 5.74) is 5.49. The van der Waals surface area contributed by atoms with Gasteiger partial charge in [0.05, 0.1) is 30.6 Å². The maximum atomic E-state index is 13.4. The zero-order chi connectivity index (χ0) is 30.1. The van der Waals surface area contributed by atoms with E-state index >= 15 is 0 Å². The molecule has 1 fully saturated rings. The van der Waals surface area contributed by atoms with Crippen LogP contribution in [-0.4, -0.2) is 69.3 Å². The quantitative estimate of drug-likeness (QED) is 0.309. The van der Waals surface area contributed by atoms with Crippen LogP contribution >= 0.6 is 0 Å². The molecule has 9 heteroatoms. The number of nitrogens with one attached hydrogen (secondary N) is 1. The Morgan fingerprint density at radius 3 is 2.44 bits per heavy atom. The number of carbonyl (C=O) groups is 3. The van der Waals surface area contributed by atoms with E-state index in [2.05, 4.69) is 17.3 Å². The van der Waals surface area contributed by atoms with Crippen LogP contribution in [0.15, 0.2) is 71.7 Å². The number of fused-ring (bicyclic) bond motifs is 2. The minimum atomic E-state index is -0.678. The number of likely N-dealkylation sites (tertiary alicyclic amines) is 1. The molecule has 2 amide bonds. The Balaban J connectivity index is 1.34. The molecule has 0 aromatic heterocycles. The van der Waals surface area contributed by atoms with Crippen LogP contribution in [0.1, 0.15) is 58.3 Å². The number of amides is 2. The van der Waals surface area contributed by atoms with E-state index in [4.69, 9.17) is 14.5 Å². The second-order valence-electron chi connectivity index (χ2n) is 11.5. The van der Waals surface area contributed by atoms with E-state index in [0.717, 1.165) is 48.3 Å². The Hall–Kier alpha value is -4.34. The lowest BCUT2D eigenvalue weighted by Gasteiger charge is -2.29. The second-order valence-corrected chi connectivity index (χ2v) is 11.5. The van der Waals surface area contributed by atoms with Gasteiger partial charge in [0, 0.05) is 30.5 Å². The largest absolute Gasteiger partial charge is 0.465 e. The molecule has 3 aliphatic rings. The molecule has 0 bridgehead atoms. The molecule has 3 heterocycles. The van der Waals surface area contributed by atoms with Gasteiger partial charge in [-0.3, -0.25) is 14.6 Å². The van der Waals surface area contributed by atoms with Gasteiger partial charge in [0.1, 0.15) is 12.0 Å². The summed E-state index contributed by atoms with van der Waals surface area (Å²) in [4.78, 5) is 48.1. The van der Waals surface area contributed by atoms with E-state index in [1.807, 2.05) is 53.4 Å². The van der Waals surface area contributed by atoms with Crippen molar-refractivity contribution in [3.8, 4) is 0 Å². The molecule has 0 saturated carbocycles. The lowest BCUT2D eigenvalue weighted by atomic mass is 9.90. The van der Waals surface area contributed by atoms with Crippen molar-refractivity contribution in [3.05, 3.63) is 89.0 Å². The Bertz CT molecular complexity index is 1580. The van der Waals surface area contributed by atoms with Gasteiger partial charge < -0.3 is 24.6 Å². The number of nitrogens with zero attached hydrogens (tertiary/aromatic N) is 3. The van der Waals surface area contributed by atoms with Crippen molar-refractivity contribution in [1.82, 2.24) is 4.90 Å². The van der Waals surface area contributed by atoms with Gasteiger partial charge >= 0.3 is 5.97 Å². The van der Waals surface area contributed by atoms with Crippen LogP contribution in [0, 0.1) is 5.92 Å². The molecule has 6 rings (SSSR count). The number of rotatable bonds is 7. The number of hydrogen-bond acceptors (Lipinski definition) is 7. The Labute approximate surface area is 251 Å². The van der Waals surface area contributed by atoms with E-state index in [-0.39, 0.29) is 17.9 Å². The van der Waals surface area contributed by atoms with Gasteiger partial charge in [-0.25, -0.2) is 4.79 Å². The first-order valence-electron chi connectivity index (χ1n) is 14.7.